The van der Waals surface area contributed by atoms with Gasteiger partial charge in [0.15, 0.2) is 0 Å². The van der Waals surface area contributed by atoms with E-state index in [4.69, 9.17) is 9.84 Å². The largest absolute Gasteiger partial charge is 0.478 e. The number of carbonyl (C=O) groups is 1. The van der Waals surface area contributed by atoms with E-state index in [0.717, 1.165) is 18.8 Å². The zero-order valence-corrected chi connectivity index (χ0v) is 11.6. The SMILES string of the molecule is COCCN(C)CCNc1cc(C)ncc1C(=O)O. The molecule has 6 heteroatoms. The number of likely N-dealkylation sites (N-methyl/N-ethyl adjacent to an activating group) is 1. The van der Waals surface area contributed by atoms with Crippen LogP contribution in [-0.2, 0) is 4.74 Å². The van der Waals surface area contributed by atoms with Gasteiger partial charge in [-0.05, 0) is 20.0 Å². The molecule has 0 aromatic carbocycles. The smallest absolute Gasteiger partial charge is 0.339 e. The van der Waals surface area contributed by atoms with Gasteiger partial charge in [-0.3, -0.25) is 4.98 Å². The van der Waals surface area contributed by atoms with Gasteiger partial charge in [-0.2, -0.15) is 0 Å². The summed E-state index contributed by atoms with van der Waals surface area (Å²) in [6, 6.07) is 1.75. The van der Waals surface area contributed by atoms with Crippen molar-refractivity contribution < 1.29 is 14.6 Å². The summed E-state index contributed by atoms with van der Waals surface area (Å²) in [4.78, 5) is 17.2. The summed E-state index contributed by atoms with van der Waals surface area (Å²) in [5.74, 6) is -0.970. The Hall–Kier alpha value is -1.66. The Morgan fingerprint density at radius 3 is 2.89 bits per heavy atom. The first-order valence-corrected chi connectivity index (χ1v) is 6.16. The van der Waals surface area contributed by atoms with E-state index in [1.807, 2.05) is 14.0 Å². The summed E-state index contributed by atoms with van der Waals surface area (Å²) in [5.41, 5.74) is 1.60. The highest BCUT2D eigenvalue weighted by atomic mass is 16.5. The fourth-order valence-corrected chi connectivity index (χ4v) is 1.62. The zero-order chi connectivity index (χ0) is 14.3. The minimum atomic E-state index is -0.970. The molecule has 0 spiro atoms. The minimum absolute atomic E-state index is 0.199. The van der Waals surface area contributed by atoms with E-state index >= 15 is 0 Å². The second kappa shape index (κ2) is 7.70. The van der Waals surface area contributed by atoms with Gasteiger partial charge in [-0.25, -0.2) is 4.79 Å². The molecule has 1 aromatic rings. The number of nitrogens with zero attached hydrogens (tertiary/aromatic N) is 2. The van der Waals surface area contributed by atoms with Crippen LogP contribution in [0.4, 0.5) is 5.69 Å². The van der Waals surface area contributed by atoms with E-state index in [0.29, 0.717) is 18.8 Å². The number of aromatic nitrogens is 1. The van der Waals surface area contributed by atoms with Crippen molar-refractivity contribution >= 4 is 11.7 Å². The maximum absolute atomic E-state index is 11.1. The predicted molar refractivity (Wildman–Crippen MR) is 73.8 cm³/mol. The predicted octanol–water partition coefficient (Wildman–Crippen LogP) is 1.08. The van der Waals surface area contributed by atoms with Crippen LogP contribution in [0.25, 0.3) is 0 Å². The van der Waals surface area contributed by atoms with Crippen LogP contribution in [0, 0.1) is 6.92 Å². The lowest BCUT2D eigenvalue weighted by atomic mass is 10.2. The van der Waals surface area contributed by atoms with Crippen molar-refractivity contribution in [3.63, 3.8) is 0 Å². The van der Waals surface area contributed by atoms with E-state index in [1.165, 1.54) is 6.20 Å². The number of hydrogen-bond acceptors (Lipinski definition) is 5. The monoisotopic (exact) mass is 267 g/mol. The van der Waals surface area contributed by atoms with Gasteiger partial charge in [0.25, 0.3) is 0 Å². The number of rotatable bonds is 8. The third kappa shape index (κ3) is 5.23. The Balaban J connectivity index is 2.52. The molecule has 1 aromatic heterocycles. The number of carboxylic acid groups (broad SMARTS) is 1. The fourth-order valence-electron chi connectivity index (χ4n) is 1.62. The molecule has 0 aliphatic heterocycles. The molecule has 0 unspecified atom stereocenters. The molecular weight excluding hydrogens is 246 g/mol. The molecule has 0 aliphatic carbocycles. The normalized spacial score (nSPS) is 10.7. The first kappa shape index (κ1) is 15.4. The van der Waals surface area contributed by atoms with E-state index in [9.17, 15) is 4.79 Å². The quantitative estimate of drug-likeness (QED) is 0.734. The lowest BCUT2D eigenvalue weighted by Crippen LogP contribution is -2.28. The van der Waals surface area contributed by atoms with Crippen LogP contribution in [0.2, 0.25) is 0 Å². The van der Waals surface area contributed by atoms with E-state index < -0.39 is 5.97 Å². The number of aromatic carboxylic acids is 1. The molecular formula is C13H21N3O3. The van der Waals surface area contributed by atoms with Crippen molar-refractivity contribution in [1.82, 2.24) is 9.88 Å². The van der Waals surface area contributed by atoms with Crippen LogP contribution in [-0.4, -0.2) is 61.4 Å². The molecule has 106 valence electrons. The first-order valence-electron chi connectivity index (χ1n) is 6.16. The summed E-state index contributed by atoms with van der Waals surface area (Å²) >= 11 is 0. The standard InChI is InChI=1S/C13H21N3O3/c1-10-8-12(11(9-15-10)13(17)18)14-4-5-16(2)6-7-19-3/h8-9H,4-7H2,1-3H3,(H,14,15)(H,17,18). The minimum Gasteiger partial charge on any atom is -0.478 e. The number of pyridine rings is 1. The van der Waals surface area contributed by atoms with Crippen LogP contribution in [0.3, 0.4) is 0 Å². The van der Waals surface area contributed by atoms with E-state index in [1.54, 1.807) is 13.2 Å². The topological polar surface area (TPSA) is 74.7 Å². The number of anilines is 1. The second-order valence-electron chi connectivity index (χ2n) is 4.40. The van der Waals surface area contributed by atoms with Crippen molar-refractivity contribution in [2.45, 2.75) is 6.92 Å². The van der Waals surface area contributed by atoms with Gasteiger partial charge in [0, 0.05) is 38.6 Å². The molecule has 1 rings (SSSR count). The fraction of sp³-hybridized carbons (Fsp3) is 0.538. The average molecular weight is 267 g/mol. The van der Waals surface area contributed by atoms with Gasteiger partial charge in [-0.15, -0.1) is 0 Å². The Bertz CT molecular complexity index is 424. The van der Waals surface area contributed by atoms with Crippen molar-refractivity contribution in [2.75, 3.05) is 45.7 Å². The highest BCUT2D eigenvalue weighted by Crippen LogP contribution is 2.15. The molecule has 0 saturated heterocycles. The van der Waals surface area contributed by atoms with Crippen molar-refractivity contribution in [3.05, 3.63) is 23.5 Å². The number of nitrogens with one attached hydrogen (secondary N) is 1. The van der Waals surface area contributed by atoms with Gasteiger partial charge in [0.2, 0.25) is 0 Å². The summed E-state index contributed by atoms with van der Waals surface area (Å²) in [6.45, 7) is 4.85. The van der Waals surface area contributed by atoms with Gasteiger partial charge >= 0.3 is 5.97 Å². The molecule has 0 saturated carbocycles. The molecule has 0 fully saturated rings. The molecule has 19 heavy (non-hydrogen) atoms. The number of hydrogen-bond donors (Lipinski definition) is 2. The molecule has 0 radical (unpaired) electrons. The summed E-state index contributed by atoms with van der Waals surface area (Å²) in [7, 11) is 3.67. The Morgan fingerprint density at radius 2 is 2.26 bits per heavy atom. The second-order valence-corrected chi connectivity index (χ2v) is 4.40. The number of ether oxygens (including phenoxy) is 1. The lowest BCUT2D eigenvalue weighted by molar-refractivity contribution is 0.0697. The van der Waals surface area contributed by atoms with E-state index in [-0.39, 0.29) is 5.56 Å². The highest BCUT2D eigenvalue weighted by Gasteiger charge is 2.10. The summed E-state index contributed by atoms with van der Waals surface area (Å²) in [5, 5.41) is 12.2. The van der Waals surface area contributed by atoms with Crippen LogP contribution < -0.4 is 5.32 Å². The Kier molecular flexibility index (Phi) is 6.24. The summed E-state index contributed by atoms with van der Waals surface area (Å²) < 4.78 is 5.00. The number of aryl methyl sites for hydroxylation is 1. The molecule has 1 heterocycles. The lowest BCUT2D eigenvalue weighted by Gasteiger charge is -2.17. The van der Waals surface area contributed by atoms with E-state index in [2.05, 4.69) is 15.2 Å². The zero-order valence-electron chi connectivity index (χ0n) is 11.6. The molecule has 0 amide bonds. The van der Waals surface area contributed by atoms with Crippen LogP contribution in [0.1, 0.15) is 16.1 Å². The summed E-state index contributed by atoms with van der Waals surface area (Å²) in [6.07, 6.45) is 1.38. The molecule has 0 aliphatic rings. The van der Waals surface area contributed by atoms with Crippen molar-refractivity contribution in [2.24, 2.45) is 0 Å². The van der Waals surface area contributed by atoms with Crippen LogP contribution in [0.5, 0.6) is 0 Å². The maximum Gasteiger partial charge on any atom is 0.339 e. The van der Waals surface area contributed by atoms with Gasteiger partial charge < -0.3 is 20.1 Å². The van der Waals surface area contributed by atoms with Gasteiger partial charge in [-0.1, -0.05) is 0 Å². The molecule has 0 bridgehead atoms. The Labute approximate surface area is 113 Å². The molecule has 6 nitrogen and oxygen atoms in total. The van der Waals surface area contributed by atoms with Gasteiger partial charge in [0.05, 0.1) is 12.3 Å². The Morgan fingerprint density at radius 1 is 1.53 bits per heavy atom. The third-order valence-electron chi connectivity index (χ3n) is 2.76. The number of carboxylic acids is 1. The average Bonchev–Trinajstić information content (AvgIpc) is 2.36. The molecule has 2 N–H and O–H groups in total. The van der Waals surface area contributed by atoms with Crippen LogP contribution in [0.15, 0.2) is 12.3 Å². The molecule has 0 atom stereocenters. The maximum atomic E-state index is 11.1. The highest BCUT2D eigenvalue weighted by molar-refractivity contribution is 5.93. The third-order valence-corrected chi connectivity index (χ3v) is 2.76. The first-order chi connectivity index (χ1) is 9.04. The van der Waals surface area contributed by atoms with Crippen molar-refractivity contribution in [1.29, 1.82) is 0 Å². The number of methoxy groups -OCH3 is 1. The van der Waals surface area contributed by atoms with Crippen LogP contribution >= 0.6 is 0 Å². The van der Waals surface area contributed by atoms with Crippen molar-refractivity contribution in [3.8, 4) is 0 Å². The van der Waals surface area contributed by atoms with Gasteiger partial charge in [0.1, 0.15) is 5.56 Å².